The molecule has 0 aromatic carbocycles. The van der Waals surface area contributed by atoms with Crippen LogP contribution in [-0.2, 0) is 7.05 Å². The SMILES string of the molecule is C[C@@H]1CN(C(=O)c2cccnc2)CCN1c1nc(-c2ccncn2)cc(=O)n1C. The normalized spacial score (nSPS) is 16.7. The first-order chi connectivity index (χ1) is 14.0. The standard InChI is InChI=1S/C20H21N7O2/c1-14-12-26(19(29)15-4-3-6-21-11-15)8-9-27(14)20-24-17(10-18(28)25(20)2)16-5-7-22-13-23-16/h3-7,10-11,13-14H,8-9,12H2,1-2H3/t14-/m1/s1. The second kappa shape index (κ2) is 7.78. The Bertz CT molecular complexity index is 1070. The maximum absolute atomic E-state index is 12.7. The summed E-state index contributed by atoms with van der Waals surface area (Å²) < 4.78 is 1.53. The summed E-state index contributed by atoms with van der Waals surface area (Å²) >= 11 is 0. The molecule has 0 aliphatic carbocycles. The molecule has 0 saturated carbocycles. The van der Waals surface area contributed by atoms with E-state index < -0.39 is 0 Å². The highest BCUT2D eigenvalue weighted by atomic mass is 16.2. The van der Waals surface area contributed by atoms with Crippen LogP contribution in [0.1, 0.15) is 17.3 Å². The molecular weight excluding hydrogens is 370 g/mol. The van der Waals surface area contributed by atoms with Crippen LogP contribution in [0.2, 0.25) is 0 Å². The van der Waals surface area contributed by atoms with Gasteiger partial charge in [0.2, 0.25) is 5.95 Å². The van der Waals surface area contributed by atoms with Crippen molar-refractivity contribution in [2.45, 2.75) is 13.0 Å². The lowest BCUT2D eigenvalue weighted by Gasteiger charge is -2.40. The van der Waals surface area contributed by atoms with Crippen molar-refractivity contribution >= 4 is 11.9 Å². The summed E-state index contributed by atoms with van der Waals surface area (Å²) in [4.78, 5) is 45.9. The third kappa shape index (κ3) is 3.71. The summed E-state index contributed by atoms with van der Waals surface area (Å²) in [6, 6.07) is 6.70. The van der Waals surface area contributed by atoms with E-state index in [0.717, 1.165) is 0 Å². The van der Waals surface area contributed by atoms with E-state index in [4.69, 9.17) is 4.98 Å². The fourth-order valence-electron chi connectivity index (χ4n) is 3.47. The molecule has 148 valence electrons. The van der Waals surface area contributed by atoms with E-state index in [9.17, 15) is 9.59 Å². The Kier molecular flexibility index (Phi) is 5.03. The maximum atomic E-state index is 12.7. The van der Waals surface area contributed by atoms with E-state index in [1.807, 2.05) is 11.8 Å². The predicted octanol–water partition coefficient (Wildman–Crippen LogP) is 0.983. The van der Waals surface area contributed by atoms with Gasteiger partial charge in [0.1, 0.15) is 6.33 Å². The summed E-state index contributed by atoms with van der Waals surface area (Å²) in [6.07, 6.45) is 6.27. The molecule has 0 spiro atoms. The number of hydrogen-bond donors (Lipinski definition) is 0. The van der Waals surface area contributed by atoms with Crippen molar-refractivity contribution in [3.63, 3.8) is 0 Å². The van der Waals surface area contributed by atoms with Gasteiger partial charge in [0.15, 0.2) is 0 Å². The van der Waals surface area contributed by atoms with Crippen LogP contribution in [0.5, 0.6) is 0 Å². The molecule has 1 aliphatic heterocycles. The largest absolute Gasteiger partial charge is 0.336 e. The van der Waals surface area contributed by atoms with Gasteiger partial charge in [-0.3, -0.25) is 19.1 Å². The molecule has 0 unspecified atom stereocenters. The Morgan fingerprint density at radius 3 is 2.69 bits per heavy atom. The first-order valence-corrected chi connectivity index (χ1v) is 9.35. The second-order valence-electron chi connectivity index (χ2n) is 6.97. The average Bonchev–Trinajstić information content (AvgIpc) is 2.76. The lowest BCUT2D eigenvalue weighted by Crippen LogP contribution is -2.55. The van der Waals surface area contributed by atoms with Crippen molar-refractivity contribution in [1.29, 1.82) is 0 Å². The highest BCUT2D eigenvalue weighted by Gasteiger charge is 2.29. The van der Waals surface area contributed by atoms with E-state index in [1.54, 1.807) is 43.8 Å². The first kappa shape index (κ1) is 18.7. The summed E-state index contributed by atoms with van der Waals surface area (Å²) in [5.41, 5.74) is 1.51. The fourth-order valence-corrected chi connectivity index (χ4v) is 3.47. The highest BCUT2D eigenvalue weighted by molar-refractivity contribution is 5.94. The van der Waals surface area contributed by atoms with E-state index in [0.29, 0.717) is 42.5 Å². The number of anilines is 1. The average molecular weight is 391 g/mol. The Balaban J connectivity index is 1.59. The number of aromatic nitrogens is 5. The molecule has 29 heavy (non-hydrogen) atoms. The van der Waals surface area contributed by atoms with Crippen LogP contribution in [0.15, 0.2) is 54.0 Å². The molecule has 0 radical (unpaired) electrons. The Hall–Kier alpha value is -3.62. The zero-order valence-electron chi connectivity index (χ0n) is 16.3. The highest BCUT2D eigenvalue weighted by Crippen LogP contribution is 2.21. The molecule has 1 fully saturated rings. The number of pyridine rings is 1. The number of nitrogens with zero attached hydrogens (tertiary/aromatic N) is 7. The van der Waals surface area contributed by atoms with Gasteiger partial charge in [-0.2, -0.15) is 0 Å². The van der Waals surface area contributed by atoms with E-state index in [1.165, 1.54) is 17.0 Å². The molecule has 1 aliphatic rings. The van der Waals surface area contributed by atoms with Gasteiger partial charge in [0.25, 0.3) is 11.5 Å². The van der Waals surface area contributed by atoms with Crippen LogP contribution < -0.4 is 10.5 Å². The molecule has 3 aromatic rings. The van der Waals surface area contributed by atoms with Crippen molar-refractivity contribution in [3.05, 3.63) is 65.1 Å². The van der Waals surface area contributed by atoms with Crippen LogP contribution in [0.4, 0.5) is 5.95 Å². The molecule has 9 nitrogen and oxygen atoms in total. The molecule has 0 N–H and O–H groups in total. The van der Waals surface area contributed by atoms with Crippen molar-refractivity contribution in [1.82, 2.24) is 29.4 Å². The van der Waals surface area contributed by atoms with Crippen LogP contribution in [-0.4, -0.2) is 61.0 Å². The summed E-state index contributed by atoms with van der Waals surface area (Å²) in [6.45, 7) is 3.65. The molecule has 1 amide bonds. The Morgan fingerprint density at radius 2 is 2.00 bits per heavy atom. The third-order valence-electron chi connectivity index (χ3n) is 5.04. The van der Waals surface area contributed by atoms with Crippen LogP contribution in [0, 0.1) is 0 Å². The smallest absolute Gasteiger partial charge is 0.255 e. The molecule has 1 saturated heterocycles. The van der Waals surface area contributed by atoms with Gasteiger partial charge >= 0.3 is 0 Å². The van der Waals surface area contributed by atoms with Gasteiger partial charge in [0.05, 0.1) is 17.0 Å². The van der Waals surface area contributed by atoms with Gasteiger partial charge in [-0.1, -0.05) is 0 Å². The maximum Gasteiger partial charge on any atom is 0.255 e. The Labute approximate surface area is 167 Å². The van der Waals surface area contributed by atoms with Gasteiger partial charge in [0, 0.05) is 57.4 Å². The van der Waals surface area contributed by atoms with Crippen molar-refractivity contribution < 1.29 is 4.79 Å². The number of hydrogen-bond acceptors (Lipinski definition) is 7. The van der Waals surface area contributed by atoms with Crippen molar-refractivity contribution in [2.24, 2.45) is 7.05 Å². The van der Waals surface area contributed by atoms with Crippen LogP contribution >= 0.6 is 0 Å². The first-order valence-electron chi connectivity index (χ1n) is 9.35. The van der Waals surface area contributed by atoms with Gasteiger partial charge in [-0.05, 0) is 25.1 Å². The summed E-state index contributed by atoms with van der Waals surface area (Å²) in [7, 11) is 1.70. The second-order valence-corrected chi connectivity index (χ2v) is 6.97. The van der Waals surface area contributed by atoms with Crippen molar-refractivity contribution in [3.8, 4) is 11.4 Å². The monoisotopic (exact) mass is 391 g/mol. The summed E-state index contributed by atoms with van der Waals surface area (Å²) in [5.74, 6) is 0.522. The topological polar surface area (TPSA) is 97.1 Å². The number of carbonyl (C=O) groups is 1. The number of rotatable bonds is 3. The molecule has 4 heterocycles. The minimum Gasteiger partial charge on any atom is -0.336 e. The van der Waals surface area contributed by atoms with Crippen LogP contribution in [0.3, 0.4) is 0 Å². The minimum absolute atomic E-state index is 0.0110. The quantitative estimate of drug-likeness (QED) is 0.657. The lowest BCUT2D eigenvalue weighted by atomic mass is 10.1. The van der Waals surface area contributed by atoms with E-state index >= 15 is 0 Å². The van der Waals surface area contributed by atoms with Crippen molar-refractivity contribution in [2.75, 3.05) is 24.5 Å². The minimum atomic E-state index is -0.162. The van der Waals surface area contributed by atoms with Gasteiger partial charge in [-0.25, -0.2) is 15.0 Å². The third-order valence-corrected chi connectivity index (χ3v) is 5.04. The molecule has 0 bridgehead atoms. The summed E-state index contributed by atoms with van der Waals surface area (Å²) in [5, 5.41) is 0. The molecule has 9 heteroatoms. The predicted molar refractivity (Wildman–Crippen MR) is 107 cm³/mol. The van der Waals surface area contributed by atoms with E-state index in [-0.39, 0.29) is 17.5 Å². The lowest BCUT2D eigenvalue weighted by molar-refractivity contribution is 0.0725. The van der Waals surface area contributed by atoms with Gasteiger partial charge in [-0.15, -0.1) is 0 Å². The number of amides is 1. The zero-order chi connectivity index (χ0) is 20.4. The number of carbonyl (C=O) groups excluding carboxylic acids is 1. The fraction of sp³-hybridized carbons (Fsp3) is 0.300. The number of piperazine rings is 1. The molecular formula is C20H21N7O2. The molecule has 3 aromatic heterocycles. The Morgan fingerprint density at radius 1 is 1.14 bits per heavy atom. The molecule has 4 rings (SSSR count). The molecule has 1 atom stereocenters. The van der Waals surface area contributed by atoms with Gasteiger partial charge < -0.3 is 9.80 Å². The zero-order valence-corrected chi connectivity index (χ0v) is 16.3. The van der Waals surface area contributed by atoms with E-state index in [2.05, 4.69) is 19.9 Å². The van der Waals surface area contributed by atoms with Crippen LogP contribution in [0.25, 0.3) is 11.4 Å².